The molecule has 5 nitrogen and oxygen atoms in total. The van der Waals surface area contributed by atoms with Crippen LogP contribution in [-0.4, -0.2) is 35.4 Å². The number of halogens is 3. The number of benzene rings is 2. The maximum Gasteiger partial charge on any atom is 0.261 e. The molecular formula is C25H29BrCl2N2O3. The van der Waals surface area contributed by atoms with Crippen molar-refractivity contribution in [2.45, 2.75) is 65.1 Å². The molecule has 0 saturated heterocycles. The lowest BCUT2D eigenvalue weighted by molar-refractivity contribution is -0.142. The molecule has 0 heterocycles. The van der Waals surface area contributed by atoms with Crippen LogP contribution in [0.1, 0.15) is 49.3 Å². The zero-order valence-electron chi connectivity index (χ0n) is 19.1. The van der Waals surface area contributed by atoms with Gasteiger partial charge in [-0.3, -0.25) is 9.59 Å². The Labute approximate surface area is 213 Å². The third-order valence-corrected chi connectivity index (χ3v) is 7.99. The van der Waals surface area contributed by atoms with Crippen molar-refractivity contribution in [1.29, 1.82) is 0 Å². The van der Waals surface area contributed by atoms with Crippen LogP contribution in [0.4, 0.5) is 0 Å². The van der Waals surface area contributed by atoms with Crippen molar-refractivity contribution < 1.29 is 14.3 Å². The molecule has 2 amide bonds. The van der Waals surface area contributed by atoms with E-state index in [4.69, 9.17) is 27.9 Å². The van der Waals surface area contributed by atoms with Crippen LogP contribution in [0, 0.1) is 13.8 Å². The topological polar surface area (TPSA) is 58.6 Å². The Morgan fingerprint density at radius 3 is 2.30 bits per heavy atom. The summed E-state index contributed by atoms with van der Waals surface area (Å²) in [5.74, 6) is 0.0902. The molecule has 33 heavy (non-hydrogen) atoms. The molecule has 1 saturated carbocycles. The van der Waals surface area contributed by atoms with E-state index in [1.165, 1.54) is 4.90 Å². The first-order chi connectivity index (χ1) is 15.7. The van der Waals surface area contributed by atoms with Gasteiger partial charge in [-0.05, 0) is 69.0 Å². The number of amides is 2. The molecule has 1 aliphatic carbocycles. The van der Waals surface area contributed by atoms with Gasteiger partial charge in [0.2, 0.25) is 5.91 Å². The highest BCUT2D eigenvalue weighted by Gasteiger charge is 2.29. The van der Waals surface area contributed by atoms with Crippen LogP contribution >= 0.6 is 39.1 Å². The summed E-state index contributed by atoms with van der Waals surface area (Å²) in [4.78, 5) is 27.8. The fourth-order valence-electron chi connectivity index (χ4n) is 4.05. The molecule has 2 aromatic rings. The van der Waals surface area contributed by atoms with E-state index < -0.39 is 6.04 Å². The summed E-state index contributed by atoms with van der Waals surface area (Å²) in [7, 11) is 0. The summed E-state index contributed by atoms with van der Waals surface area (Å²) in [5.41, 5.74) is 2.63. The fourth-order valence-corrected chi connectivity index (χ4v) is 4.79. The van der Waals surface area contributed by atoms with E-state index in [0.29, 0.717) is 21.4 Å². The van der Waals surface area contributed by atoms with Crippen molar-refractivity contribution in [3.8, 4) is 5.75 Å². The zero-order chi connectivity index (χ0) is 24.1. The number of carbonyl (C=O) groups excluding carboxylic acids is 2. The largest absolute Gasteiger partial charge is 0.484 e. The molecule has 2 aromatic carbocycles. The molecule has 0 bridgehead atoms. The van der Waals surface area contributed by atoms with Gasteiger partial charge in [-0.1, -0.05) is 58.0 Å². The SMILES string of the molecule is Cc1cc(OCC(=O)N(Cc2c(Cl)cccc2Cl)[C@@H](C)C(=O)NC2CCCC2)cc(C)c1Br. The Kier molecular flexibility index (Phi) is 9.08. The molecular weight excluding hydrogens is 527 g/mol. The average Bonchev–Trinajstić information content (AvgIpc) is 3.28. The first-order valence-corrected chi connectivity index (χ1v) is 12.6. The van der Waals surface area contributed by atoms with E-state index in [2.05, 4.69) is 21.2 Å². The molecule has 1 fully saturated rings. The van der Waals surface area contributed by atoms with Gasteiger partial charge in [0.15, 0.2) is 6.61 Å². The predicted octanol–water partition coefficient (Wildman–Crippen LogP) is 6.23. The van der Waals surface area contributed by atoms with Gasteiger partial charge in [0.1, 0.15) is 11.8 Å². The molecule has 0 unspecified atom stereocenters. The van der Waals surface area contributed by atoms with Gasteiger partial charge in [0.25, 0.3) is 5.91 Å². The van der Waals surface area contributed by atoms with Crippen molar-refractivity contribution in [1.82, 2.24) is 10.2 Å². The average molecular weight is 556 g/mol. The number of rotatable bonds is 8. The van der Waals surface area contributed by atoms with Crippen LogP contribution < -0.4 is 10.1 Å². The number of hydrogen-bond acceptors (Lipinski definition) is 3. The number of ether oxygens (including phenoxy) is 1. The Bertz CT molecular complexity index is 981. The predicted molar refractivity (Wildman–Crippen MR) is 136 cm³/mol. The highest BCUT2D eigenvalue weighted by atomic mass is 79.9. The quantitative estimate of drug-likeness (QED) is 0.420. The molecule has 8 heteroatoms. The molecule has 0 aromatic heterocycles. The van der Waals surface area contributed by atoms with E-state index in [0.717, 1.165) is 41.3 Å². The molecule has 0 radical (unpaired) electrons. The van der Waals surface area contributed by atoms with E-state index >= 15 is 0 Å². The van der Waals surface area contributed by atoms with Gasteiger partial charge < -0.3 is 15.0 Å². The van der Waals surface area contributed by atoms with Gasteiger partial charge in [-0.2, -0.15) is 0 Å². The van der Waals surface area contributed by atoms with E-state index in [-0.39, 0.29) is 31.0 Å². The molecule has 1 N–H and O–H groups in total. The van der Waals surface area contributed by atoms with E-state index in [9.17, 15) is 9.59 Å². The van der Waals surface area contributed by atoms with Gasteiger partial charge in [0, 0.05) is 32.7 Å². The Morgan fingerprint density at radius 1 is 1.15 bits per heavy atom. The summed E-state index contributed by atoms with van der Waals surface area (Å²) in [6.45, 7) is 5.56. The summed E-state index contributed by atoms with van der Waals surface area (Å²) in [5, 5.41) is 3.98. The highest BCUT2D eigenvalue weighted by molar-refractivity contribution is 9.10. The second kappa shape index (κ2) is 11.6. The number of hydrogen-bond donors (Lipinski definition) is 1. The first kappa shape index (κ1) is 25.9. The van der Waals surface area contributed by atoms with Crippen molar-refractivity contribution >= 4 is 50.9 Å². The number of carbonyl (C=O) groups is 2. The minimum absolute atomic E-state index is 0.109. The van der Waals surface area contributed by atoms with Crippen molar-refractivity contribution in [2.75, 3.05) is 6.61 Å². The second-order valence-corrected chi connectivity index (χ2v) is 10.2. The highest BCUT2D eigenvalue weighted by Crippen LogP contribution is 2.28. The van der Waals surface area contributed by atoms with Crippen LogP contribution in [0.3, 0.4) is 0 Å². The monoisotopic (exact) mass is 554 g/mol. The third kappa shape index (κ3) is 6.65. The minimum atomic E-state index is -0.706. The van der Waals surface area contributed by atoms with E-state index in [1.54, 1.807) is 25.1 Å². The maximum absolute atomic E-state index is 13.3. The standard InChI is InChI=1S/C25H29BrCl2N2O3/c1-15-11-19(12-16(2)24(15)26)33-14-23(31)30(13-20-21(27)9-6-10-22(20)28)17(3)25(32)29-18-7-4-5-8-18/h6,9-12,17-18H,4-5,7-8,13-14H2,1-3H3,(H,29,32)/t17-/m0/s1. The number of nitrogens with one attached hydrogen (secondary N) is 1. The lowest BCUT2D eigenvalue weighted by Gasteiger charge is -2.30. The molecule has 0 spiro atoms. The zero-order valence-corrected chi connectivity index (χ0v) is 22.2. The van der Waals surface area contributed by atoms with Gasteiger partial charge >= 0.3 is 0 Å². The van der Waals surface area contributed by atoms with Crippen molar-refractivity contribution in [2.24, 2.45) is 0 Å². The van der Waals surface area contributed by atoms with Crippen LogP contribution in [-0.2, 0) is 16.1 Å². The summed E-state index contributed by atoms with van der Waals surface area (Å²) in [6.07, 6.45) is 4.15. The smallest absolute Gasteiger partial charge is 0.261 e. The minimum Gasteiger partial charge on any atom is -0.484 e. The van der Waals surface area contributed by atoms with Crippen LogP contribution in [0.15, 0.2) is 34.8 Å². The van der Waals surface area contributed by atoms with Crippen LogP contribution in [0.25, 0.3) is 0 Å². The molecule has 1 aliphatic rings. The molecule has 1 atom stereocenters. The second-order valence-electron chi connectivity index (χ2n) is 8.55. The molecule has 3 rings (SSSR count). The molecule has 0 aliphatic heterocycles. The summed E-state index contributed by atoms with van der Waals surface area (Å²) < 4.78 is 6.82. The van der Waals surface area contributed by atoms with Crippen LogP contribution in [0.5, 0.6) is 5.75 Å². The van der Waals surface area contributed by atoms with Gasteiger partial charge in [-0.15, -0.1) is 0 Å². The molecule has 178 valence electrons. The number of aryl methyl sites for hydroxylation is 2. The third-order valence-electron chi connectivity index (χ3n) is 6.03. The summed E-state index contributed by atoms with van der Waals surface area (Å²) >= 11 is 16.3. The Hall–Kier alpha value is -1.76. The maximum atomic E-state index is 13.3. The van der Waals surface area contributed by atoms with E-state index in [1.807, 2.05) is 26.0 Å². The normalized spacial score (nSPS) is 14.7. The summed E-state index contributed by atoms with van der Waals surface area (Å²) in [6, 6.07) is 8.38. The Balaban J connectivity index is 1.79. The van der Waals surface area contributed by atoms with Crippen molar-refractivity contribution in [3.63, 3.8) is 0 Å². The lowest BCUT2D eigenvalue weighted by Crippen LogP contribution is -2.50. The first-order valence-electron chi connectivity index (χ1n) is 11.1. The van der Waals surface area contributed by atoms with Crippen molar-refractivity contribution in [3.05, 3.63) is 61.5 Å². The number of nitrogens with zero attached hydrogens (tertiary/aromatic N) is 1. The van der Waals surface area contributed by atoms with Gasteiger partial charge in [-0.25, -0.2) is 0 Å². The Morgan fingerprint density at radius 2 is 1.73 bits per heavy atom. The lowest BCUT2D eigenvalue weighted by atomic mass is 10.1. The van der Waals surface area contributed by atoms with Gasteiger partial charge in [0.05, 0.1) is 0 Å². The fraction of sp³-hybridized carbons (Fsp3) is 0.440. The van der Waals surface area contributed by atoms with Crippen LogP contribution in [0.2, 0.25) is 10.0 Å².